The predicted octanol–water partition coefficient (Wildman–Crippen LogP) is 0.413. The third kappa shape index (κ3) is 2.68. The number of hydrogen-bond acceptors (Lipinski definition) is 5. The molecule has 0 saturated carbocycles. The van der Waals surface area contributed by atoms with Crippen LogP contribution in [0.25, 0.3) is 10.1 Å². The number of hydrogen-bond donors (Lipinski definition) is 2. The quantitative estimate of drug-likeness (QED) is 0.798. The van der Waals surface area contributed by atoms with Crippen molar-refractivity contribution in [2.75, 3.05) is 26.3 Å². The third-order valence-electron chi connectivity index (χ3n) is 3.45. The highest BCUT2D eigenvalue weighted by Gasteiger charge is 2.23. The van der Waals surface area contributed by atoms with Gasteiger partial charge in [-0.15, -0.1) is 11.3 Å². The number of ether oxygens (including phenoxy) is 1. The van der Waals surface area contributed by atoms with E-state index in [-0.39, 0.29) is 0 Å². The summed E-state index contributed by atoms with van der Waals surface area (Å²) in [6.07, 6.45) is 0. The second kappa shape index (κ2) is 5.60. The van der Waals surface area contributed by atoms with E-state index in [4.69, 9.17) is 4.74 Å². The molecule has 1 aromatic heterocycles. The van der Waals surface area contributed by atoms with Crippen LogP contribution in [0.2, 0.25) is 0 Å². The Morgan fingerprint density at radius 2 is 1.95 bits per heavy atom. The Kier molecular flexibility index (Phi) is 3.86. The number of benzene rings is 1. The number of morpholine rings is 1. The van der Waals surface area contributed by atoms with Gasteiger partial charge in [-0.2, -0.15) is 0 Å². The van der Waals surface area contributed by atoms with Crippen LogP contribution >= 0.6 is 11.3 Å². The van der Waals surface area contributed by atoms with Crippen molar-refractivity contribution in [2.24, 2.45) is 0 Å². The van der Waals surface area contributed by atoms with Crippen LogP contribution in [0.1, 0.15) is 5.56 Å². The lowest BCUT2D eigenvalue weighted by Gasteiger charge is -2.26. The molecule has 0 unspecified atom stereocenters. The van der Waals surface area contributed by atoms with E-state index < -0.39 is 7.12 Å². The van der Waals surface area contributed by atoms with Gasteiger partial charge in [0.15, 0.2) is 0 Å². The first-order valence-corrected chi connectivity index (χ1v) is 7.24. The van der Waals surface area contributed by atoms with Crippen LogP contribution in [0.15, 0.2) is 24.3 Å². The Hall–Kier alpha value is -0.915. The first kappa shape index (κ1) is 13.1. The van der Waals surface area contributed by atoms with Crippen molar-refractivity contribution >= 4 is 33.3 Å². The van der Waals surface area contributed by atoms with Gasteiger partial charge in [-0.1, -0.05) is 18.2 Å². The van der Waals surface area contributed by atoms with Gasteiger partial charge in [0.25, 0.3) is 0 Å². The van der Waals surface area contributed by atoms with E-state index in [0.717, 1.165) is 48.5 Å². The molecule has 1 fully saturated rings. The molecule has 4 nitrogen and oxygen atoms in total. The zero-order valence-electron chi connectivity index (χ0n) is 10.6. The molecule has 0 atom stereocenters. The molecule has 1 aromatic carbocycles. The number of thiophene rings is 1. The van der Waals surface area contributed by atoms with Crippen molar-refractivity contribution in [3.8, 4) is 0 Å². The van der Waals surface area contributed by atoms with Crippen molar-refractivity contribution in [2.45, 2.75) is 6.54 Å². The van der Waals surface area contributed by atoms with E-state index in [1.165, 1.54) is 11.3 Å². The van der Waals surface area contributed by atoms with Crippen molar-refractivity contribution < 1.29 is 14.8 Å². The van der Waals surface area contributed by atoms with Crippen LogP contribution in [-0.4, -0.2) is 48.4 Å². The first-order valence-electron chi connectivity index (χ1n) is 6.42. The van der Waals surface area contributed by atoms with Crippen LogP contribution in [0.5, 0.6) is 0 Å². The smallest absolute Gasteiger partial charge is 0.423 e. The molecule has 1 saturated heterocycles. The Balaban J connectivity index is 1.97. The summed E-state index contributed by atoms with van der Waals surface area (Å²) in [5.74, 6) is 0. The topological polar surface area (TPSA) is 52.9 Å². The summed E-state index contributed by atoms with van der Waals surface area (Å²) in [5, 5.41) is 20.2. The largest absolute Gasteiger partial charge is 0.499 e. The molecule has 3 rings (SSSR count). The first-order chi connectivity index (χ1) is 9.25. The molecule has 0 bridgehead atoms. The Morgan fingerprint density at radius 3 is 2.68 bits per heavy atom. The molecule has 6 heteroatoms. The van der Waals surface area contributed by atoms with Gasteiger partial charge in [0.2, 0.25) is 0 Å². The van der Waals surface area contributed by atoms with Gasteiger partial charge < -0.3 is 14.8 Å². The maximum atomic E-state index is 9.56. The fourth-order valence-electron chi connectivity index (χ4n) is 2.47. The highest BCUT2D eigenvalue weighted by atomic mass is 32.1. The van der Waals surface area contributed by atoms with Crippen LogP contribution in [0.3, 0.4) is 0 Å². The molecule has 0 aliphatic carbocycles. The summed E-state index contributed by atoms with van der Waals surface area (Å²) in [4.78, 5) is 2.30. The molecule has 1 aliphatic rings. The molecule has 2 aromatic rings. The Morgan fingerprint density at radius 1 is 1.21 bits per heavy atom. The van der Waals surface area contributed by atoms with E-state index in [1.54, 1.807) is 0 Å². The van der Waals surface area contributed by atoms with Crippen LogP contribution < -0.4 is 4.78 Å². The zero-order chi connectivity index (χ0) is 13.2. The van der Waals surface area contributed by atoms with Gasteiger partial charge in [0, 0.05) is 29.1 Å². The van der Waals surface area contributed by atoms with Crippen molar-refractivity contribution in [1.82, 2.24) is 4.90 Å². The van der Waals surface area contributed by atoms with Crippen LogP contribution in [0, 0.1) is 0 Å². The second-order valence-electron chi connectivity index (χ2n) is 4.70. The fraction of sp³-hybridized carbons (Fsp3) is 0.385. The molecule has 100 valence electrons. The highest BCUT2D eigenvalue weighted by Crippen LogP contribution is 2.25. The summed E-state index contributed by atoms with van der Waals surface area (Å²) in [6, 6.07) is 8.04. The van der Waals surface area contributed by atoms with Crippen molar-refractivity contribution in [3.05, 3.63) is 29.8 Å². The van der Waals surface area contributed by atoms with Crippen molar-refractivity contribution in [3.63, 3.8) is 0 Å². The molecule has 2 N–H and O–H groups in total. The molecule has 19 heavy (non-hydrogen) atoms. The van der Waals surface area contributed by atoms with Crippen molar-refractivity contribution in [1.29, 1.82) is 0 Å². The highest BCUT2D eigenvalue weighted by molar-refractivity contribution is 7.28. The molecular formula is C13H16BNO3S. The summed E-state index contributed by atoms with van der Waals surface area (Å²) in [7, 11) is -1.39. The van der Waals surface area contributed by atoms with E-state index in [1.807, 2.05) is 24.3 Å². The Labute approximate surface area is 116 Å². The van der Waals surface area contributed by atoms with Gasteiger partial charge in [0.1, 0.15) is 0 Å². The third-order valence-corrected chi connectivity index (χ3v) is 4.70. The van der Waals surface area contributed by atoms with E-state index in [9.17, 15) is 10.0 Å². The summed E-state index contributed by atoms with van der Waals surface area (Å²) >= 11 is 1.46. The number of fused-ring (bicyclic) bond motifs is 1. The monoisotopic (exact) mass is 277 g/mol. The molecule has 0 radical (unpaired) electrons. The Bertz CT molecular complexity index is 566. The predicted molar refractivity (Wildman–Crippen MR) is 77.7 cm³/mol. The second-order valence-corrected chi connectivity index (χ2v) is 5.79. The zero-order valence-corrected chi connectivity index (χ0v) is 11.4. The number of rotatable bonds is 3. The SMILES string of the molecule is OB(O)c1sc2ccccc2c1CN1CCOCC1. The average Bonchev–Trinajstić information content (AvgIpc) is 2.79. The summed E-state index contributed by atoms with van der Waals surface area (Å²) < 4.78 is 7.11. The molecule has 2 heterocycles. The molecule has 0 spiro atoms. The van der Waals surface area contributed by atoms with E-state index in [2.05, 4.69) is 4.90 Å². The minimum absolute atomic E-state index is 0.660. The van der Waals surface area contributed by atoms with Gasteiger partial charge in [-0.3, -0.25) is 4.90 Å². The van der Waals surface area contributed by atoms with Crippen LogP contribution in [-0.2, 0) is 11.3 Å². The maximum absolute atomic E-state index is 9.56. The minimum atomic E-state index is -1.39. The fourth-order valence-corrected chi connectivity index (χ4v) is 3.56. The maximum Gasteiger partial charge on any atom is 0.499 e. The van der Waals surface area contributed by atoms with Crippen LogP contribution in [0.4, 0.5) is 0 Å². The van der Waals surface area contributed by atoms with E-state index in [0.29, 0.717) is 4.78 Å². The lowest BCUT2D eigenvalue weighted by Crippen LogP contribution is -2.38. The van der Waals surface area contributed by atoms with Gasteiger partial charge >= 0.3 is 7.12 Å². The molecule has 0 amide bonds. The minimum Gasteiger partial charge on any atom is -0.423 e. The normalized spacial score (nSPS) is 16.9. The average molecular weight is 277 g/mol. The lowest BCUT2D eigenvalue weighted by molar-refractivity contribution is 0.0345. The summed E-state index contributed by atoms with van der Waals surface area (Å²) in [5.41, 5.74) is 1.04. The standard InChI is InChI=1S/C13H16BNO3S/c16-14(17)13-11(9-15-5-7-18-8-6-15)10-3-1-2-4-12(10)19-13/h1-4,16-17H,5-9H2. The van der Waals surface area contributed by atoms with Gasteiger partial charge in [-0.25, -0.2) is 0 Å². The van der Waals surface area contributed by atoms with E-state index >= 15 is 0 Å². The number of nitrogens with zero attached hydrogens (tertiary/aromatic N) is 1. The lowest BCUT2D eigenvalue weighted by atomic mass is 9.85. The molecule has 1 aliphatic heterocycles. The molecular weight excluding hydrogens is 261 g/mol. The summed E-state index contributed by atoms with van der Waals surface area (Å²) in [6.45, 7) is 4.04. The van der Waals surface area contributed by atoms with Gasteiger partial charge in [-0.05, 0) is 17.0 Å². The van der Waals surface area contributed by atoms with Gasteiger partial charge in [0.05, 0.1) is 13.2 Å².